The number of aromatic hydroxyl groups is 1. The maximum Gasteiger partial charge on any atom is 0.331 e. The number of H-pyrrole nitrogens is 1. The number of rotatable bonds is 4. The topological polar surface area (TPSA) is 151 Å². The summed E-state index contributed by atoms with van der Waals surface area (Å²) >= 11 is 0. The molecule has 11 heteroatoms. The molecule has 4 rings (SSSR count). The van der Waals surface area contributed by atoms with Crippen LogP contribution >= 0.6 is 0 Å². The maximum atomic E-state index is 12.6. The molecule has 1 aliphatic carbocycles. The third-order valence-corrected chi connectivity index (χ3v) is 6.05. The van der Waals surface area contributed by atoms with E-state index in [1.54, 1.807) is 6.07 Å². The first-order valence-corrected chi connectivity index (χ1v) is 10.5. The van der Waals surface area contributed by atoms with Gasteiger partial charge >= 0.3 is 5.69 Å². The average molecular weight is 441 g/mol. The van der Waals surface area contributed by atoms with E-state index in [4.69, 9.17) is 0 Å². The van der Waals surface area contributed by atoms with Gasteiger partial charge in [-0.3, -0.25) is 29.3 Å². The van der Waals surface area contributed by atoms with Gasteiger partial charge in [0.25, 0.3) is 11.2 Å². The molecule has 0 spiro atoms. The summed E-state index contributed by atoms with van der Waals surface area (Å²) < 4.78 is 1.21. The highest BCUT2D eigenvalue weighted by Crippen LogP contribution is 2.36. The number of carbonyl (C=O) groups is 1. The van der Waals surface area contributed by atoms with Crippen LogP contribution in [0.25, 0.3) is 0 Å². The van der Waals surface area contributed by atoms with Crippen LogP contribution in [0.2, 0.25) is 0 Å². The van der Waals surface area contributed by atoms with Crippen molar-refractivity contribution in [3.05, 3.63) is 66.3 Å². The van der Waals surface area contributed by atoms with Gasteiger partial charge in [0, 0.05) is 31.5 Å². The van der Waals surface area contributed by atoms with E-state index < -0.39 is 34.0 Å². The van der Waals surface area contributed by atoms with Crippen LogP contribution in [-0.4, -0.2) is 36.2 Å². The average Bonchev–Trinajstić information content (AvgIpc) is 3.19. The highest BCUT2D eigenvalue weighted by atomic mass is 16.6. The molecule has 2 aliphatic rings. The van der Waals surface area contributed by atoms with E-state index in [-0.39, 0.29) is 29.4 Å². The monoisotopic (exact) mass is 441 g/mol. The minimum absolute atomic E-state index is 0.0558. The molecule has 2 aromatic rings. The fourth-order valence-electron chi connectivity index (χ4n) is 4.53. The first kappa shape index (κ1) is 21.5. The molecule has 32 heavy (non-hydrogen) atoms. The Labute approximate surface area is 182 Å². The van der Waals surface area contributed by atoms with Gasteiger partial charge in [-0.1, -0.05) is 31.4 Å². The standard InChI is InChI=1S/C21H23N5O6/c1-12(27)25-17(13-6-5-9-15(10-13)26(31)32)11-16(23-25)18-19(28)22-21(30)24(20(18)29)14-7-3-2-4-8-14/h5-6,9-10,14,17,29H,2-4,7-8,11H2,1H3,(H,22,28,30)/t17-/m1/s1. The Morgan fingerprint density at radius 3 is 2.62 bits per heavy atom. The van der Waals surface area contributed by atoms with Gasteiger partial charge in [-0.15, -0.1) is 0 Å². The minimum atomic E-state index is -0.790. The first-order chi connectivity index (χ1) is 15.3. The lowest BCUT2D eigenvalue weighted by Crippen LogP contribution is -2.36. The molecule has 11 nitrogen and oxygen atoms in total. The second kappa shape index (κ2) is 8.40. The molecule has 1 aromatic heterocycles. The molecule has 1 amide bonds. The number of nitrogens with zero attached hydrogens (tertiary/aromatic N) is 4. The maximum absolute atomic E-state index is 12.6. The Bertz CT molecular complexity index is 1220. The van der Waals surface area contributed by atoms with E-state index in [9.17, 15) is 29.6 Å². The molecule has 1 atom stereocenters. The number of benzene rings is 1. The van der Waals surface area contributed by atoms with Gasteiger partial charge in [-0.05, 0) is 18.4 Å². The van der Waals surface area contributed by atoms with Crippen LogP contribution in [0, 0.1) is 10.1 Å². The van der Waals surface area contributed by atoms with Crippen LogP contribution in [0.4, 0.5) is 5.69 Å². The Kier molecular flexibility index (Phi) is 5.64. The molecule has 1 saturated carbocycles. The number of aromatic amines is 1. The number of non-ortho nitro benzene ring substituents is 1. The van der Waals surface area contributed by atoms with Crippen LogP contribution in [-0.2, 0) is 4.79 Å². The van der Waals surface area contributed by atoms with E-state index in [1.807, 2.05) is 0 Å². The van der Waals surface area contributed by atoms with Crippen molar-refractivity contribution in [1.29, 1.82) is 0 Å². The Balaban J connectivity index is 1.77. The summed E-state index contributed by atoms with van der Waals surface area (Å²) in [5.41, 5.74) is -1.15. The van der Waals surface area contributed by atoms with Crippen LogP contribution in [0.5, 0.6) is 5.88 Å². The number of amides is 1. The second-order valence-electron chi connectivity index (χ2n) is 8.10. The molecule has 168 valence electrons. The summed E-state index contributed by atoms with van der Waals surface area (Å²) in [7, 11) is 0. The lowest BCUT2D eigenvalue weighted by molar-refractivity contribution is -0.384. The fraction of sp³-hybridized carbons (Fsp3) is 0.429. The number of nitro groups is 1. The zero-order valence-corrected chi connectivity index (χ0v) is 17.5. The normalized spacial score (nSPS) is 19.1. The smallest absolute Gasteiger partial charge is 0.331 e. The lowest BCUT2D eigenvalue weighted by Gasteiger charge is -2.25. The van der Waals surface area contributed by atoms with Crippen molar-refractivity contribution >= 4 is 17.3 Å². The number of hydrazone groups is 1. The van der Waals surface area contributed by atoms with E-state index in [2.05, 4.69) is 10.1 Å². The third-order valence-electron chi connectivity index (χ3n) is 6.05. The zero-order chi connectivity index (χ0) is 23.0. The molecule has 1 fully saturated rings. The van der Waals surface area contributed by atoms with Crippen molar-refractivity contribution in [1.82, 2.24) is 14.6 Å². The summed E-state index contributed by atoms with van der Waals surface area (Å²) in [5.74, 6) is -0.888. The number of hydrogen-bond acceptors (Lipinski definition) is 7. The quantitative estimate of drug-likeness (QED) is 0.549. The summed E-state index contributed by atoms with van der Waals surface area (Å²) in [5, 5.41) is 27.5. The number of nitrogens with one attached hydrogen (secondary N) is 1. The largest absolute Gasteiger partial charge is 0.494 e. The van der Waals surface area contributed by atoms with Gasteiger partial charge in [0.15, 0.2) is 0 Å². The molecular weight excluding hydrogens is 418 g/mol. The molecule has 2 heterocycles. The summed E-state index contributed by atoms with van der Waals surface area (Å²) in [6.07, 6.45) is 4.36. The predicted octanol–water partition coefficient (Wildman–Crippen LogP) is 2.35. The Morgan fingerprint density at radius 2 is 1.97 bits per heavy atom. The Morgan fingerprint density at radius 1 is 1.25 bits per heavy atom. The third kappa shape index (κ3) is 3.81. The molecule has 1 aromatic carbocycles. The molecule has 0 unspecified atom stereocenters. The van der Waals surface area contributed by atoms with Gasteiger partial charge in [0.1, 0.15) is 5.56 Å². The fourth-order valence-corrected chi connectivity index (χ4v) is 4.53. The van der Waals surface area contributed by atoms with E-state index in [0.29, 0.717) is 18.4 Å². The molecule has 1 aliphatic heterocycles. The molecule has 0 bridgehead atoms. The van der Waals surface area contributed by atoms with Gasteiger partial charge in [-0.2, -0.15) is 5.10 Å². The molecule has 0 saturated heterocycles. The number of hydrogen-bond donors (Lipinski definition) is 2. The first-order valence-electron chi connectivity index (χ1n) is 10.5. The lowest BCUT2D eigenvalue weighted by atomic mass is 9.95. The number of aromatic nitrogens is 2. The van der Waals surface area contributed by atoms with Crippen molar-refractivity contribution in [2.45, 2.75) is 57.5 Å². The van der Waals surface area contributed by atoms with Crippen molar-refractivity contribution in [3.8, 4) is 5.88 Å². The van der Waals surface area contributed by atoms with Crippen molar-refractivity contribution in [2.24, 2.45) is 5.10 Å². The van der Waals surface area contributed by atoms with Crippen LogP contribution < -0.4 is 11.2 Å². The SMILES string of the molecule is CC(=O)N1N=C(c2c(O)n(C3CCCCC3)c(=O)[nH]c2=O)C[C@@H]1c1cccc([N+](=O)[O-])c1. The van der Waals surface area contributed by atoms with Crippen LogP contribution in [0.1, 0.15) is 68.7 Å². The molecule has 0 radical (unpaired) electrons. The van der Waals surface area contributed by atoms with Gasteiger partial charge in [0.05, 0.1) is 16.7 Å². The van der Waals surface area contributed by atoms with E-state index >= 15 is 0 Å². The second-order valence-corrected chi connectivity index (χ2v) is 8.10. The summed E-state index contributed by atoms with van der Waals surface area (Å²) in [6, 6.07) is 4.93. The predicted molar refractivity (Wildman–Crippen MR) is 115 cm³/mol. The van der Waals surface area contributed by atoms with E-state index in [0.717, 1.165) is 24.3 Å². The van der Waals surface area contributed by atoms with Gasteiger partial charge in [0.2, 0.25) is 11.8 Å². The summed E-state index contributed by atoms with van der Waals surface area (Å²) in [6.45, 7) is 1.30. The number of carbonyl (C=O) groups excluding carboxylic acids is 1. The minimum Gasteiger partial charge on any atom is -0.494 e. The Hall–Kier alpha value is -3.76. The van der Waals surface area contributed by atoms with Crippen molar-refractivity contribution < 1.29 is 14.8 Å². The zero-order valence-electron chi connectivity index (χ0n) is 17.5. The summed E-state index contributed by atoms with van der Waals surface area (Å²) in [4.78, 5) is 50.2. The van der Waals surface area contributed by atoms with E-state index in [1.165, 1.54) is 29.7 Å². The molecule has 2 N–H and O–H groups in total. The van der Waals surface area contributed by atoms with Crippen LogP contribution in [0.3, 0.4) is 0 Å². The van der Waals surface area contributed by atoms with Crippen LogP contribution in [0.15, 0.2) is 39.0 Å². The van der Waals surface area contributed by atoms with Crippen molar-refractivity contribution in [2.75, 3.05) is 0 Å². The highest BCUT2D eigenvalue weighted by molar-refractivity contribution is 6.04. The van der Waals surface area contributed by atoms with Crippen molar-refractivity contribution in [3.63, 3.8) is 0 Å². The highest BCUT2D eigenvalue weighted by Gasteiger charge is 2.35. The van der Waals surface area contributed by atoms with Gasteiger partial charge < -0.3 is 5.11 Å². The molecular formula is C21H23N5O6. The number of nitro benzene ring substituents is 1. The van der Waals surface area contributed by atoms with Gasteiger partial charge in [-0.25, -0.2) is 9.80 Å².